The number of ether oxygens (including phenoxy) is 2. The van der Waals surface area contributed by atoms with Gasteiger partial charge in [-0.3, -0.25) is 0 Å². The summed E-state index contributed by atoms with van der Waals surface area (Å²) in [4.78, 5) is 10.5. The highest BCUT2D eigenvalue weighted by Gasteiger charge is 2.27. The Balaban J connectivity index is 4.10. The van der Waals surface area contributed by atoms with Crippen molar-refractivity contribution in [1.82, 2.24) is 0 Å². The molecule has 0 aliphatic carbocycles. The van der Waals surface area contributed by atoms with Gasteiger partial charge in [0.25, 0.3) is 0 Å². The molecule has 4 heteroatoms. The second kappa shape index (κ2) is 6.09. The third kappa shape index (κ3) is 5.95. The van der Waals surface area contributed by atoms with Crippen molar-refractivity contribution in [2.45, 2.75) is 65.1 Å². The minimum Gasteiger partial charge on any atom is -0.450 e. The summed E-state index contributed by atoms with van der Waals surface area (Å²) in [5, 5.41) is 8.62. The molecule has 0 amide bonds. The first-order valence-corrected chi connectivity index (χ1v) is 5.80. The SMILES string of the molecule is CCC(C)(C)OCCC(C)(CC)OC(=O)O. The van der Waals surface area contributed by atoms with Crippen molar-refractivity contribution in [3.8, 4) is 0 Å². The molecule has 0 aromatic rings. The Labute approximate surface area is 97.9 Å². The molecule has 0 aliphatic rings. The van der Waals surface area contributed by atoms with Crippen LogP contribution in [0.2, 0.25) is 0 Å². The van der Waals surface area contributed by atoms with Crippen molar-refractivity contribution in [3.63, 3.8) is 0 Å². The molecule has 0 rings (SSSR count). The van der Waals surface area contributed by atoms with Gasteiger partial charge in [-0.2, -0.15) is 0 Å². The fraction of sp³-hybridized carbons (Fsp3) is 0.917. The van der Waals surface area contributed by atoms with Crippen molar-refractivity contribution < 1.29 is 19.4 Å². The molecular weight excluding hydrogens is 208 g/mol. The zero-order valence-corrected chi connectivity index (χ0v) is 11.0. The summed E-state index contributed by atoms with van der Waals surface area (Å²) >= 11 is 0. The van der Waals surface area contributed by atoms with Crippen LogP contribution in [0, 0.1) is 0 Å². The van der Waals surface area contributed by atoms with E-state index in [9.17, 15) is 4.79 Å². The van der Waals surface area contributed by atoms with Crippen molar-refractivity contribution in [3.05, 3.63) is 0 Å². The van der Waals surface area contributed by atoms with E-state index in [0.717, 1.165) is 6.42 Å². The first-order valence-electron chi connectivity index (χ1n) is 5.80. The van der Waals surface area contributed by atoms with Crippen LogP contribution in [0.4, 0.5) is 4.79 Å². The molecule has 0 bridgehead atoms. The molecule has 4 nitrogen and oxygen atoms in total. The van der Waals surface area contributed by atoms with Crippen molar-refractivity contribution in [2.75, 3.05) is 6.61 Å². The Bertz CT molecular complexity index is 225. The Hall–Kier alpha value is -0.770. The second-order valence-corrected chi connectivity index (χ2v) is 4.88. The normalized spacial score (nSPS) is 15.6. The van der Waals surface area contributed by atoms with Crippen LogP contribution in [0.15, 0.2) is 0 Å². The van der Waals surface area contributed by atoms with E-state index in [0.29, 0.717) is 19.4 Å². The van der Waals surface area contributed by atoms with Crippen molar-refractivity contribution in [2.24, 2.45) is 0 Å². The fourth-order valence-electron chi connectivity index (χ4n) is 1.16. The van der Waals surface area contributed by atoms with Gasteiger partial charge in [0.15, 0.2) is 0 Å². The van der Waals surface area contributed by atoms with Gasteiger partial charge in [0, 0.05) is 6.42 Å². The van der Waals surface area contributed by atoms with Gasteiger partial charge in [0.1, 0.15) is 5.60 Å². The molecule has 0 heterocycles. The van der Waals surface area contributed by atoms with Crippen molar-refractivity contribution in [1.29, 1.82) is 0 Å². The Morgan fingerprint density at radius 1 is 1.19 bits per heavy atom. The molecule has 1 unspecified atom stereocenters. The molecule has 0 saturated carbocycles. The molecule has 1 atom stereocenters. The Morgan fingerprint density at radius 3 is 2.12 bits per heavy atom. The van der Waals surface area contributed by atoms with Gasteiger partial charge in [-0.1, -0.05) is 13.8 Å². The van der Waals surface area contributed by atoms with E-state index < -0.39 is 11.8 Å². The largest absolute Gasteiger partial charge is 0.506 e. The summed E-state index contributed by atoms with van der Waals surface area (Å²) in [5.41, 5.74) is -0.798. The maximum atomic E-state index is 10.5. The molecule has 0 spiro atoms. The summed E-state index contributed by atoms with van der Waals surface area (Å²) in [6, 6.07) is 0. The highest BCUT2D eigenvalue weighted by Crippen LogP contribution is 2.22. The average molecular weight is 232 g/mol. The summed E-state index contributed by atoms with van der Waals surface area (Å²) in [5.74, 6) is 0. The minimum atomic E-state index is -1.22. The molecule has 0 radical (unpaired) electrons. The molecule has 0 aliphatic heterocycles. The summed E-state index contributed by atoms with van der Waals surface area (Å²) in [6.07, 6.45) is 0.934. The molecule has 1 N–H and O–H groups in total. The maximum absolute atomic E-state index is 10.5. The van der Waals surface area contributed by atoms with Crippen LogP contribution in [0.1, 0.15) is 53.9 Å². The van der Waals surface area contributed by atoms with Crippen LogP contribution < -0.4 is 0 Å². The van der Waals surface area contributed by atoms with Gasteiger partial charge in [-0.25, -0.2) is 4.79 Å². The molecule has 0 fully saturated rings. The fourth-order valence-corrected chi connectivity index (χ4v) is 1.16. The number of carbonyl (C=O) groups is 1. The Kier molecular flexibility index (Phi) is 5.79. The number of rotatable bonds is 7. The lowest BCUT2D eigenvalue weighted by atomic mass is 9.99. The molecule has 96 valence electrons. The second-order valence-electron chi connectivity index (χ2n) is 4.88. The number of hydrogen-bond donors (Lipinski definition) is 1. The van der Waals surface area contributed by atoms with Gasteiger partial charge < -0.3 is 14.6 Å². The van der Waals surface area contributed by atoms with Gasteiger partial charge in [0.2, 0.25) is 0 Å². The van der Waals surface area contributed by atoms with Crippen molar-refractivity contribution >= 4 is 6.16 Å². The number of hydrogen-bond acceptors (Lipinski definition) is 3. The van der Waals surface area contributed by atoms with Crippen LogP contribution in [-0.4, -0.2) is 29.1 Å². The zero-order chi connectivity index (χ0) is 12.8. The smallest absolute Gasteiger partial charge is 0.450 e. The molecule has 0 aromatic heterocycles. The topological polar surface area (TPSA) is 55.8 Å². The van der Waals surface area contributed by atoms with Crippen LogP contribution in [-0.2, 0) is 9.47 Å². The standard InChI is InChI=1S/C12H24O4/c1-6-11(3,4)15-9-8-12(5,7-2)16-10(13)14/h6-9H2,1-5H3,(H,13,14). The Morgan fingerprint density at radius 2 is 1.75 bits per heavy atom. The third-order valence-electron chi connectivity index (χ3n) is 3.06. The quantitative estimate of drug-likeness (QED) is 0.683. The summed E-state index contributed by atoms with van der Waals surface area (Å²) < 4.78 is 10.6. The lowest BCUT2D eigenvalue weighted by molar-refractivity contribution is -0.0654. The van der Waals surface area contributed by atoms with Gasteiger partial charge in [-0.05, 0) is 33.6 Å². The third-order valence-corrected chi connectivity index (χ3v) is 3.06. The first-order chi connectivity index (χ1) is 7.24. The van der Waals surface area contributed by atoms with Gasteiger partial charge >= 0.3 is 6.16 Å². The zero-order valence-electron chi connectivity index (χ0n) is 11.0. The minimum absolute atomic E-state index is 0.155. The average Bonchev–Trinajstić information content (AvgIpc) is 2.16. The maximum Gasteiger partial charge on any atom is 0.506 e. The highest BCUT2D eigenvalue weighted by atomic mass is 16.7. The first kappa shape index (κ1) is 15.2. The number of carboxylic acid groups (broad SMARTS) is 1. The lowest BCUT2D eigenvalue weighted by Gasteiger charge is -2.29. The molecular formula is C12H24O4. The van der Waals surface area contributed by atoms with E-state index in [2.05, 4.69) is 6.92 Å². The van der Waals surface area contributed by atoms with Crippen LogP contribution >= 0.6 is 0 Å². The highest BCUT2D eigenvalue weighted by molar-refractivity contribution is 5.57. The van der Waals surface area contributed by atoms with Gasteiger partial charge in [0.05, 0.1) is 12.2 Å². The molecule has 0 aromatic carbocycles. The van der Waals surface area contributed by atoms with Crippen LogP contribution in [0.25, 0.3) is 0 Å². The summed E-state index contributed by atoms with van der Waals surface area (Å²) in [7, 11) is 0. The monoisotopic (exact) mass is 232 g/mol. The van der Waals surface area contributed by atoms with E-state index in [4.69, 9.17) is 14.6 Å². The predicted molar refractivity (Wildman–Crippen MR) is 62.7 cm³/mol. The predicted octanol–water partition coefficient (Wildman–Crippen LogP) is 3.45. The lowest BCUT2D eigenvalue weighted by Crippen LogP contribution is -2.34. The van der Waals surface area contributed by atoms with E-state index in [-0.39, 0.29) is 5.60 Å². The van der Waals surface area contributed by atoms with Crippen LogP contribution in [0.5, 0.6) is 0 Å². The van der Waals surface area contributed by atoms with E-state index >= 15 is 0 Å². The van der Waals surface area contributed by atoms with E-state index in [1.807, 2.05) is 20.8 Å². The molecule has 0 saturated heterocycles. The van der Waals surface area contributed by atoms with E-state index in [1.165, 1.54) is 0 Å². The van der Waals surface area contributed by atoms with E-state index in [1.54, 1.807) is 6.92 Å². The van der Waals surface area contributed by atoms with Gasteiger partial charge in [-0.15, -0.1) is 0 Å². The summed E-state index contributed by atoms with van der Waals surface area (Å²) in [6.45, 7) is 10.3. The van der Waals surface area contributed by atoms with Crippen LogP contribution in [0.3, 0.4) is 0 Å². The molecule has 16 heavy (non-hydrogen) atoms.